The van der Waals surface area contributed by atoms with E-state index in [1.165, 1.54) is 17.0 Å². The van der Waals surface area contributed by atoms with Crippen molar-refractivity contribution in [2.24, 2.45) is 0 Å². The number of aromatic hydroxyl groups is 1. The molecule has 0 spiro atoms. The number of phenolic OH excluding ortho intramolecular Hbond substituents is 1. The molecule has 4 heteroatoms. The third-order valence-corrected chi connectivity index (χ3v) is 2.09. The SMILES string of the molecule is CN(CC(C)(C)O)C(=O)c1ccc(O)cc1. The standard InChI is InChI=1S/C12H17NO3/c1-12(2,16)8-13(3)11(15)9-4-6-10(14)7-5-9/h4-7,14,16H,8H2,1-3H3. The first-order chi connectivity index (χ1) is 7.29. The molecule has 1 rings (SSSR count). The molecule has 0 aliphatic carbocycles. The minimum atomic E-state index is -0.915. The van der Waals surface area contributed by atoms with Crippen molar-refractivity contribution in [3.05, 3.63) is 29.8 Å². The summed E-state index contributed by atoms with van der Waals surface area (Å²) >= 11 is 0. The van der Waals surface area contributed by atoms with E-state index < -0.39 is 5.60 Å². The van der Waals surface area contributed by atoms with E-state index in [1.807, 2.05) is 0 Å². The molecule has 0 saturated heterocycles. The summed E-state index contributed by atoms with van der Waals surface area (Å²) in [7, 11) is 1.63. The molecule has 0 fully saturated rings. The molecule has 1 aromatic rings. The number of nitrogens with zero attached hydrogens (tertiary/aromatic N) is 1. The van der Waals surface area contributed by atoms with Crippen LogP contribution in [0.4, 0.5) is 0 Å². The Kier molecular flexibility index (Phi) is 3.55. The molecule has 1 aromatic carbocycles. The number of carbonyl (C=O) groups is 1. The van der Waals surface area contributed by atoms with Crippen molar-refractivity contribution in [3.63, 3.8) is 0 Å². The monoisotopic (exact) mass is 223 g/mol. The number of hydrogen-bond acceptors (Lipinski definition) is 3. The molecule has 1 amide bonds. The molecule has 0 aliphatic rings. The van der Waals surface area contributed by atoms with Crippen molar-refractivity contribution in [1.29, 1.82) is 0 Å². The first-order valence-electron chi connectivity index (χ1n) is 5.06. The van der Waals surface area contributed by atoms with Crippen molar-refractivity contribution in [2.45, 2.75) is 19.4 Å². The van der Waals surface area contributed by atoms with E-state index in [4.69, 9.17) is 5.11 Å². The lowest BCUT2D eigenvalue weighted by Gasteiger charge is -2.25. The van der Waals surface area contributed by atoms with Crippen LogP contribution in [0.1, 0.15) is 24.2 Å². The van der Waals surface area contributed by atoms with Gasteiger partial charge >= 0.3 is 0 Å². The highest BCUT2D eigenvalue weighted by Gasteiger charge is 2.20. The van der Waals surface area contributed by atoms with Gasteiger partial charge in [-0.2, -0.15) is 0 Å². The Balaban J connectivity index is 2.74. The fraction of sp³-hybridized carbons (Fsp3) is 0.417. The van der Waals surface area contributed by atoms with Crippen LogP contribution in [0.5, 0.6) is 5.75 Å². The first kappa shape index (κ1) is 12.5. The summed E-state index contributed by atoms with van der Waals surface area (Å²) in [4.78, 5) is 13.3. The number of amides is 1. The summed E-state index contributed by atoms with van der Waals surface area (Å²) < 4.78 is 0. The van der Waals surface area contributed by atoms with Gasteiger partial charge in [0.15, 0.2) is 0 Å². The maximum absolute atomic E-state index is 11.9. The van der Waals surface area contributed by atoms with Crippen molar-refractivity contribution in [2.75, 3.05) is 13.6 Å². The molecule has 0 aliphatic heterocycles. The second-order valence-corrected chi connectivity index (χ2v) is 4.52. The zero-order valence-electron chi connectivity index (χ0n) is 9.77. The molecular weight excluding hydrogens is 206 g/mol. The number of aliphatic hydroxyl groups is 1. The number of rotatable bonds is 3. The van der Waals surface area contributed by atoms with Gasteiger partial charge < -0.3 is 15.1 Å². The predicted molar refractivity (Wildman–Crippen MR) is 61.4 cm³/mol. The average molecular weight is 223 g/mol. The fourth-order valence-electron chi connectivity index (χ4n) is 1.48. The van der Waals surface area contributed by atoms with Crippen LogP contribution in [0.2, 0.25) is 0 Å². The van der Waals surface area contributed by atoms with Crippen LogP contribution in [-0.4, -0.2) is 40.2 Å². The molecule has 0 heterocycles. The minimum Gasteiger partial charge on any atom is -0.508 e. The highest BCUT2D eigenvalue weighted by atomic mass is 16.3. The lowest BCUT2D eigenvalue weighted by atomic mass is 10.1. The number of benzene rings is 1. The Morgan fingerprint density at radius 3 is 2.25 bits per heavy atom. The second kappa shape index (κ2) is 4.53. The zero-order chi connectivity index (χ0) is 12.3. The normalized spacial score (nSPS) is 11.2. The number of likely N-dealkylation sites (N-methyl/N-ethyl adjacent to an activating group) is 1. The zero-order valence-corrected chi connectivity index (χ0v) is 9.77. The van der Waals surface area contributed by atoms with Crippen LogP contribution in [0, 0.1) is 0 Å². The van der Waals surface area contributed by atoms with Gasteiger partial charge in [0.25, 0.3) is 5.91 Å². The third-order valence-electron chi connectivity index (χ3n) is 2.09. The van der Waals surface area contributed by atoms with E-state index in [0.717, 1.165) is 0 Å². The van der Waals surface area contributed by atoms with E-state index in [1.54, 1.807) is 33.0 Å². The molecule has 0 aromatic heterocycles. The summed E-state index contributed by atoms with van der Waals surface area (Å²) in [6, 6.07) is 6.04. The quantitative estimate of drug-likeness (QED) is 0.810. The molecule has 0 radical (unpaired) electrons. The lowest BCUT2D eigenvalue weighted by molar-refractivity contribution is 0.0368. The summed E-state index contributed by atoms with van der Waals surface area (Å²) in [5.74, 6) is -0.0520. The maximum atomic E-state index is 11.9. The Morgan fingerprint density at radius 1 is 1.31 bits per heavy atom. The van der Waals surface area contributed by atoms with E-state index in [9.17, 15) is 9.90 Å². The summed E-state index contributed by atoms with van der Waals surface area (Å²) in [6.07, 6.45) is 0. The molecular formula is C12H17NO3. The van der Waals surface area contributed by atoms with Gasteiger partial charge in [0.2, 0.25) is 0 Å². The predicted octanol–water partition coefficient (Wildman–Crippen LogP) is 1.24. The van der Waals surface area contributed by atoms with Crippen molar-refractivity contribution in [1.82, 2.24) is 4.90 Å². The molecule has 0 atom stereocenters. The van der Waals surface area contributed by atoms with Gasteiger partial charge in [0.1, 0.15) is 5.75 Å². The summed E-state index contributed by atoms with van der Waals surface area (Å²) in [6.45, 7) is 3.55. The molecule has 0 bridgehead atoms. The maximum Gasteiger partial charge on any atom is 0.253 e. The van der Waals surface area contributed by atoms with Gasteiger partial charge in [0.05, 0.1) is 5.60 Å². The highest BCUT2D eigenvalue weighted by Crippen LogP contribution is 2.12. The number of hydrogen-bond donors (Lipinski definition) is 2. The van der Waals surface area contributed by atoms with Crippen LogP contribution in [0.25, 0.3) is 0 Å². The third kappa shape index (κ3) is 3.55. The Bertz CT molecular complexity index is 365. The molecule has 4 nitrogen and oxygen atoms in total. The van der Waals surface area contributed by atoms with Gasteiger partial charge in [-0.25, -0.2) is 0 Å². The molecule has 88 valence electrons. The summed E-state index contributed by atoms with van der Waals surface area (Å²) in [5, 5.41) is 18.7. The van der Waals surface area contributed by atoms with Gasteiger partial charge in [-0.1, -0.05) is 0 Å². The Labute approximate surface area is 95.1 Å². The van der Waals surface area contributed by atoms with Crippen molar-refractivity contribution >= 4 is 5.91 Å². The van der Waals surface area contributed by atoms with Gasteiger partial charge in [-0.3, -0.25) is 4.79 Å². The Morgan fingerprint density at radius 2 is 1.81 bits per heavy atom. The van der Waals surface area contributed by atoms with E-state index >= 15 is 0 Å². The summed E-state index contributed by atoms with van der Waals surface area (Å²) in [5.41, 5.74) is -0.425. The topological polar surface area (TPSA) is 60.8 Å². The van der Waals surface area contributed by atoms with Crippen molar-refractivity contribution in [3.8, 4) is 5.75 Å². The largest absolute Gasteiger partial charge is 0.508 e. The van der Waals surface area contributed by atoms with Crippen molar-refractivity contribution < 1.29 is 15.0 Å². The highest BCUT2D eigenvalue weighted by molar-refractivity contribution is 5.94. The lowest BCUT2D eigenvalue weighted by Crippen LogP contribution is -2.39. The van der Waals surface area contributed by atoms with Crippen LogP contribution in [0.3, 0.4) is 0 Å². The van der Waals surface area contributed by atoms with Gasteiger partial charge in [0, 0.05) is 19.2 Å². The second-order valence-electron chi connectivity index (χ2n) is 4.52. The molecule has 2 N–H and O–H groups in total. The molecule has 0 unspecified atom stereocenters. The molecule has 0 saturated carbocycles. The molecule has 16 heavy (non-hydrogen) atoms. The van der Waals surface area contributed by atoms with Crippen LogP contribution in [-0.2, 0) is 0 Å². The van der Waals surface area contributed by atoms with E-state index in [2.05, 4.69) is 0 Å². The van der Waals surface area contributed by atoms with Crippen LogP contribution >= 0.6 is 0 Å². The van der Waals surface area contributed by atoms with E-state index in [-0.39, 0.29) is 18.2 Å². The van der Waals surface area contributed by atoms with Gasteiger partial charge in [-0.05, 0) is 38.1 Å². The Hall–Kier alpha value is -1.55. The van der Waals surface area contributed by atoms with E-state index in [0.29, 0.717) is 5.56 Å². The smallest absolute Gasteiger partial charge is 0.253 e. The van der Waals surface area contributed by atoms with Crippen LogP contribution < -0.4 is 0 Å². The first-order valence-corrected chi connectivity index (χ1v) is 5.06. The van der Waals surface area contributed by atoms with Gasteiger partial charge in [-0.15, -0.1) is 0 Å². The van der Waals surface area contributed by atoms with Crippen LogP contribution in [0.15, 0.2) is 24.3 Å². The number of phenols is 1. The number of carbonyl (C=O) groups excluding carboxylic acids is 1. The fourth-order valence-corrected chi connectivity index (χ4v) is 1.48. The minimum absolute atomic E-state index is 0.127. The average Bonchev–Trinajstić information content (AvgIpc) is 2.15.